The van der Waals surface area contributed by atoms with Gasteiger partial charge in [0.2, 0.25) is 0 Å². The Morgan fingerprint density at radius 1 is 0.875 bits per heavy atom. The van der Waals surface area contributed by atoms with Gasteiger partial charge in [0.15, 0.2) is 0 Å². The quantitative estimate of drug-likeness (QED) is 0.384. The number of nitrogens with two attached hydrogens (primary N) is 1. The second kappa shape index (κ2) is 10.3. The molecule has 2 aliphatic heterocycles. The highest BCUT2D eigenvalue weighted by Crippen LogP contribution is 2.40. The molecule has 9 nitrogen and oxygen atoms in total. The van der Waals surface area contributed by atoms with Crippen LogP contribution in [0.5, 0.6) is 0 Å². The van der Waals surface area contributed by atoms with Crippen LogP contribution in [0.3, 0.4) is 0 Å². The molecule has 3 aliphatic rings. The van der Waals surface area contributed by atoms with E-state index in [1.807, 2.05) is 24.3 Å². The van der Waals surface area contributed by atoms with Crippen LogP contribution in [0.4, 0.5) is 11.5 Å². The monoisotopic (exact) mass is 536 g/mol. The van der Waals surface area contributed by atoms with Crippen molar-refractivity contribution in [3.63, 3.8) is 0 Å². The van der Waals surface area contributed by atoms with Gasteiger partial charge in [0.25, 0.3) is 5.91 Å². The molecular weight excluding hydrogens is 500 g/mol. The number of hydrogen-bond donors (Lipinski definition) is 2. The fourth-order valence-corrected chi connectivity index (χ4v) is 7.18. The lowest BCUT2D eigenvalue weighted by Crippen LogP contribution is -2.55. The molecule has 2 atom stereocenters. The van der Waals surface area contributed by atoms with E-state index in [9.17, 15) is 4.79 Å². The summed E-state index contributed by atoms with van der Waals surface area (Å²) in [5, 5.41) is 3.82. The minimum absolute atomic E-state index is 0.234. The third kappa shape index (κ3) is 4.53. The highest BCUT2D eigenvalue weighted by molar-refractivity contribution is 6.03. The molecule has 3 N–H and O–H groups in total. The maximum absolute atomic E-state index is 12.5. The van der Waals surface area contributed by atoms with Crippen molar-refractivity contribution in [1.29, 1.82) is 0 Å². The smallest absolute Gasteiger partial charge is 0.274 e. The number of nitrogens with zero attached hydrogens (tertiary/aromatic N) is 6. The predicted octanol–water partition coefficient (Wildman–Crippen LogP) is 4.59. The second-order valence-electron chi connectivity index (χ2n) is 11.6. The number of likely N-dealkylation sites (N-methyl/N-ethyl adjacent to an activating group) is 1. The van der Waals surface area contributed by atoms with Crippen LogP contribution >= 0.6 is 0 Å². The summed E-state index contributed by atoms with van der Waals surface area (Å²) in [5.74, 6) is 0.260. The lowest BCUT2D eigenvalue weighted by atomic mass is 9.89. The number of piperazine rings is 1. The van der Waals surface area contributed by atoms with Crippen LogP contribution in [-0.4, -0.2) is 73.5 Å². The van der Waals surface area contributed by atoms with Crippen molar-refractivity contribution in [2.75, 3.05) is 31.2 Å². The maximum atomic E-state index is 12.5. The minimum atomic E-state index is -0.234. The number of carbonyl (C=O) groups is 1. The summed E-state index contributed by atoms with van der Waals surface area (Å²) in [6.07, 6.45) is 12.8. The molecule has 7 rings (SSSR count). The molecule has 206 valence electrons. The van der Waals surface area contributed by atoms with E-state index in [0.717, 1.165) is 47.1 Å². The topological polar surface area (TPSA) is 105 Å². The van der Waals surface area contributed by atoms with E-state index >= 15 is 0 Å². The van der Waals surface area contributed by atoms with Crippen LogP contribution in [0, 0.1) is 0 Å². The standard InChI is InChI=1S/C31H36N8O/c1-37-24-13-14-25(37)17-38(16-24)22-9-11-23(12-10-22)39-18-26(28-29(32)34-19-35-30(28)39)20-5-7-21(8-6-20)36-31(40)27-4-2-3-15-33-27/h2-8,15,18-19,22-25H,9-14,16-17H2,1H3,(H,36,40)(H2,32,34,35). The summed E-state index contributed by atoms with van der Waals surface area (Å²) >= 11 is 0. The molecule has 0 radical (unpaired) electrons. The average molecular weight is 537 g/mol. The first-order valence-corrected chi connectivity index (χ1v) is 14.4. The third-order valence-electron chi connectivity index (χ3n) is 9.44. The van der Waals surface area contributed by atoms with E-state index in [-0.39, 0.29) is 5.91 Å². The van der Waals surface area contributed by atoms with Crippen molar-refractivity contribution >= 4 is 28.4 Å². The molecule has 40 heavy (non-hydrogen) atoms. The van der Waals surface area contributed by atoms with Gasteiger partial charge in [-0.05, 0) is 75.4 Å². The molecule has 1 saturated carbocycles. The number of anilines is 2. The highest BCUT2D eigenvalue weighted by Gasteiger charge is 2.40. The van der Waals surface area contributed by atoms with Gasteiger partial charge in [-0.3, -0.25) is 19.6 Å². The Kier molecular flexibility index (Phi) is 6.48. The molecule has 1 aromatic carbocycles. The van der Waals surface area contributed by atoms with Crippen molar-refractivity contribution in [2.24, 2.45) is 0 Å². The van der Waals surface area contributed by atoms with E-state index in [4.69, 9.17) is 10.7 Å². The zero-order chi connectivity index (χ0) is 27.2. The van der Waals surface area contributed by atoms with Crippen molar-refractivity contribution < 1.29 is 4.79 Å². The molecule has 5 heterocycles. The molecule has 1 amide bonds. The first-order valence-electron chi connectivity index (χ1n) is 14.4. The highest BCUT2D eigenvalue weighted by atomic mass is 16.1. The summed E-state index contributed by atoms with van der Waals surface area (Å²) in [4.78, 5) is 31.1. The van der Waals surface area contributed by atoms with E-state index in [2.05, 4.69) is 42.9 Å². The summed E-state index contributed by atoms with van der Waals surface area (Å²) in [5.41, 5.74) is 10.5. The van der Waals surface area contributed by atoms with Gasteiger partial charge in [-0.25, -0.2) is 9.97 Å². The van der Waals surface area contributed by atoms with Crippen LogP contribution in [-0.2, 0) is 0 Å². The SMILES string of the molecule is CN1C2CCC1CN(C1CCC(n3cc(-c4ccc(NC(=O)c5ccccn5)cc4)c4c(N)ncnc43)CC1)C2. The Morgan fingerprint density at radius 3 is 2.27 bits per heavy atom. The van der Waals surface area contributed by atoms with Crippen LogP contribution < -0.4 is 11.1 Å². The van der Waals surface area contributed by atoms with E-state index in [0.29, 0.717) is 29.3 Å². The zero-order valence-corrected chi connectivity index (χ0v) is 22.9. The van der Waals surface area contributed by atoms with Crippen molar-refractivity contribution in [3.8, 4) is 11.1 Å². The number of nitrogens with one attached hydrogen (secondary N) is 1. The number of aromatic nitrogens is 4. The summed E-state index contributed by atoms with van der Waals surface area (Å²) in [7, 11) is 2.31. The number of hydrogen-bond acceptors (Lipinski definition) is 7. The van der Waals surface area contributed by atoms with Gasteiger partial charge in [0, 0.05) is 60.9 Å². The first-order chi connectivity index (χ1) is 19.5. The number of fused-ring (bicyclic) bond motifs is 3. The molecule has 0 spiro atoms. The molecule has 2 saturated heterocycles. The van der Waals surface area contributed by atoms with E-state index in [1.165, 1.54) is 38.8 Å². The summed E-state index contributed by atoms with van der Waals surface area (Å²) in [6.45, 7) is 2.45. The third-order valence-corrected chi connectivity index (χ3v) is 9.44. The van der Waals surface area contributed by atoms with Gasteiger partial charge in [-0.2, -0.15) is 0 Å². The Morgan fingerprint density at radius 2 is 1.57 bits per heavy atom. The number of likely N-dealkylation sites (tertiary alicyclic amines) is 1. The fraction of sp³-hybridized carbons (Fsp3) is 0.419. The Bertz CT molecular complexity index is 1500. The number of carbonyl (C=O) groups excluding carboxylic acids is 1. The summed E-state index contributed by atoms with van der Waals surface area (Å²) in [6, 6.07) is 15.7. The van der Waals surface area contributed by atoms with Crippen LogP contribution in [0.25, 0.3) is 22.2 Å². The van der Waals surface area contributed by atoms with E-state index in [1.54, 1.807) is 30.7 Å². The zero-order valence-electron chi connectivity index (χ0n) is 22.9. The second-order valence-corrected chi connectivity index (χ2v) is 11.6. The number of amides is 1. The molecule has 9 heteroatoms. The van der Waals surface area contributed by atoms with Gasteiger partial charge in [0.1, 0.15) is 23.5 Å². The number of benzene rings is 1. The van der Waals surface area contributed by atoms with Crippen molar-refractivity contribution in [3.05, 3.63) is 66.9 Å². The normalized spacial score (nSPS) is 25.3. The molecule has 3 fully saturated rings. The molecule has 2 unspecified atom stereocenters. The van der Waals surface area contributed by atoms with Gasteiger partial charge < -0.3 is 15.6 Å². The van der Waals surface area contributed by atoms with Gasteiger partial charge in [-0.15, -0.1) is 0 Å². The number of rotatable bonds is 5. The number of pyridine rings is 1. The lowest BCUT2D eigenvalue weighted by Gasteiger charge is -2.45. The fourth-order valence-electron chi connectivity index (χ4n) is 7.18. The molecular formula is C31H36N8O. The van der Waals surface area contributed by atoms with Gasteiger partial charge >= 0.3 is 0 Å². The molecule has 3 aromatic heterocycles. The molecule has 4 aromatic rings. The van der Waals surface area contributed by atoms with Gasteiger partial charge in [0.05, 0.1) is 5.39 Å². The predicted molar refractivity (Wildman–Crippen MR) is 157 cm³/mol. The molecule has 1 aliphatic carbocycles. The largest absolute Gasteiger partial charge is 0.383 e. The summed E-state index contributed by atoms with van der Waals surface area (Å²) < 4.78 is 2.34. The van der Waals surface area contributed by atoms with Crippen LogP contribution in [0.2, 0.25) is 0 Å². The Balaban J connectivity index is 1.10. The average Bonchev–Trinajstić information content (AvgIpc) is 3.46. The lowest BCUT2D eigenvalue weighted by molar-refractivity contribution is 0.0400. The van der Waals surface area contributed by atoms with Crippen LogP contribution in [0.15, 0.2) is 61.2 Å². The van der Waals surface area contributed by atoms with Crippen molar-refractivity contribution in [2.45, 2.75) is 62.7 Å². The maximum Gasteiger partial charge on any atom is 0.274 e. The van der Waals surface area contributed by atoms with Gasteiger partial charge in [-0.1, -0.05) is 18.2 Å². The minimum Gasteiger partial charge on any atom is -0.383 e. The first kappa shape index (κ1) is 25.2. The van der Waals surface area contributed by atoms with E-state index < -0.39 is 0 Å². The van der Waals surface area contributed by atoms with Crippen LogP contribution in [0.1, 0.15) is 55.1 Å². The molecule has 2 bridgehead atoms. The Hall–Kier alpha value is -3.82. The van der Waals surface area contributed by atoms with Crippen molar-refractivity contribution in [1.82, 2.24) is 29.3 Å². The Labute approximate surface area is 234 Å². The number of nitrogen functional groups attached to an aromatic ring is 1.